The third kappa shape index (κ3) is 20.6. The maximum absolute atomic E-state index is 5.72. The van der Waals surface area contributed by atoms with E-state index in [1.807, 2.05) is 0 Å². The van der Waals surface area contributed by atoms with E-state index in [0.29, 0.717) is 0 Å². The van der Waals surface area contributed by atoms with Crippen LogP contribution in [0.5, 0.6) is 0 Å². The van der Waals surface area contributed by atoms with Crippen LogP contribution in [0.4, 0.5) is 0 Å². The summed E-state index contributed by atoms with van der Waals surface area (Å²) in [5, 5.41) is 0. The van der Waals surface area contributed by atoms with Crippen molar-refractivity contribution in [1.29, 1.82) is 0 Å². The van der Waals surface area contributed by atoms with Crippen molar-refractivity contribution in [1.82, 2.24) is 0 Å². The average Bonchev–Trinajstić information content (AvgIpc) is 2.87. The fraction of sp³-hybridized carbons (Fsp3) is 0.625. The molecule has 0 saturated heterocycles. The van der Waals surface area contributed by atoms with Gasteiger partial charge in [0.15, 0.2) is 0 Å². The van der Waals surface area contributed by atoms with E-state index in [1.165, 1.54) is 110 Å². The predicted molar refractivity (Wildman–Crippen MR) is 154 cm³/mol. The Labute approximate surface area is 222 Å². The third-order valence-corrected chi connectivity index (χ3v) is 9.67. The molecule has 2 aromatic carbocycles. The van der Waals surface area contributed by atoms with Gasteiger partial charge < -0.3 is 4.74 Å². The van der Waals surface area contributed by atoms with Crippen molar-refractivity contribution in [3.05, 3.63) is 60.7 Å². The molecule has 2 heteroatoms. The number of hydrogen-bond donors (Lipinski definition) is 0. The molecular weight excluding hydrogens is 519 g/mol. The first-order valence-corrected chi connectivity index (χ1v) is 17.2. The molecule has 2 radical (unpaired) electrons. The van der Waals surface area contributed by atoms with Gasteiger partial charge >= 0.3 is 89.0 Å². The summed E-state index contributed by atoms with van der Waals surface area (Å²) < 4.78 is 8.80. The SMILES string of the molecule is CCCCCCCCCCOCCCCCCCCCC.c1cc[c]([Sn][c]2ccccc2)cc1. The van der Waals surface area contributed by atoms with Crippen LogP contribution in [-0.2, 0) is 4.74 Å². The second-order valence-electron chi connectivity index (χ2n) is 9.42. The minimum atomic E-state index is -0.517. The first-order valence-electron chi connectivity index (χ1n) is 14.3. The van der Waals surface area contributed by atoms with Gasteiger partial charge in [0.25, 0.3) is 0 Å². The first kappa shape index (κ1) is 31.2. The monoisotopic (exact) mass is 572 g/mol. The van der Waals surface area contributed by atoms with Gasteiger partial charge in [0.05, 0.1) is 0 Å². The van der Waals surface area contributed by atoms with Crippen molar-refractivity contribution in [2.45, 2.75) is 117 Å². The Balaban J connectivity index is 0.000000375. The van der Waals surface area contributed by atoms with Crippen LogP contribution in [-0.4, -0.2) is 34.4 Å². The third-order valence-electron chi connectivity index (χ3n) is 6.12. The van der Waals surface area contributed by atoms with Crippen molar-refractivity contribution >= 4 is 28.3 Å². The van der Waals surface area contributed by atoms with E-state index in [2.05, 4.69) is 74.5 Å². The van der Waals surface area contributed by atoms with Crippen LogP contribution in [0.3, 0.4) is 0 Å². The molecule has 2 rings (SSSR count). The molecule has 0 fully saturated rings. The molecule has 0 atom stereocenters. The van der Waals surface area contributed by atoms with E-state index in [-0.39, 0.29) is 0 Å². The molecule has 0 N–H and O–H groups in total. The van der Waals surface area contributed by atoms with Crippen molar-refractivity contribution in [2.75, 3.05) is 13.2 Å². The van der Waals surface area contributed by atoms with E-state index in [4.69, 9.17) is 4.74 Å². The molecule has 34 heavy (non-hydrogen) atoms. The van der Waals surface area contributed by atoms with Gasteiger partial charge in [0, 0.05) is 13.2 Å². The van der Waals surface area contributed by atoms with E-state index in [9.17, 15) is 0 Å². The van der Waals surface area contributed by atoms with Crippen LogP contribution in [0.15, 0.2) is 60.7 Å². The van der Waals surface area contributed by atoms with Gasteiger partial charge in [-0.1, -0.05) is 104 Å². The zero-order chi connectivity index (χ0) is 24.4. The Morgan fingerprint density at radius 2 is 0.765 bits per heavy atom. The van der Waals surface area contributed by atoms with Gasteiger partial charge in [-0.3, -0.25) is 0 Å². The molecular formula is C32H52OSn. The van der Waals surface area contributed by atoms with Gasteiger partial charge in [-0.05, 0) is 12.8 Å². The van der Waals surface area contributed by atoms with Crippen molar-refractivity contribution < 1.29 is 4.74 Å². The van der Waals surface area contributed by atoms with Crippen molar-refractivity contribution in [3.63, 3.8) is 0 Å². The number of benzene rings is 2. The molecule has 0 saturated carbocycles. The molecule has 0 unspecified atom stereocenters. The Bertz CT molecular complexity index is 572. The molecule has 0 aliphatic rings. The predicted octanol–water partition coefficient (Wildman–Crippen LogP) is 8.63. The van der Waals surface area contributed by atoms with E-state index in [0.717, 1.165) is 13.2 Å². The van der Waals surface area contributed by atoms with Crippen molar-refractivity contribution in [2.24, 2.45) is 0 Å². The summed E-state index contributed by atoms with van der Waals surface area (Å²) in [5.74, 6) is 0. The molecule has 0 amide bonds. The molecule has 0 heterocycles. The van der Waals surface area contributed by atoms with E-state index < -0.39 is 21.1 Å². The van der Waals surface area contributed by atoms with Gasteiger partial charge in [-0.15, -0.1) is 0 Å². The van der Waals surface area contributed by atoms with Gasteiger partial charge in [0.1, 0.15) is 0 Å². The zero-order valence-electron chi connectivity index (χ0n) is 22.4. The van der Waals surface area contributed by atoms with Crippen molar-refractivity contribution in [3.8, 4) is 0 Å². The summed E-state index contributed by atoms with van der Waals surface area (Å²) >= 11 is -0.517. The average molecular weight is 571 g/mol. The summed E-state index contributed by atoms with van der Waals surface area (Å²) in [6, 6.07) is 21.6. The van der Waals surface area contributed by atoms with Gasteiger partial charge in [-0.2, -0.15) is 0 Å². The Kier molecular flexibility index (Phi) is 23.2. The Morgan fingerprint density at radius 1 is 0.441 bits per heavy atom. The summed E-state index contributed by atoms with van der Waals surface area (Å²) in [7, 11) is 0. The standard InChI is InChI=1S/C20H42O.2C6H5.Sn/c1-3-5-7-9-11-13-15-17-19-21-20-18-16-14-12-10-8-6-4-2;2*1-2-4-6-5-3-1;/h3-20H2,1-2H3;2*1-5H;. The number of ether oxygens (including phenoxy) is 1. The second kappa shape index (κ2) is 25.3. The van der Waals surface area contributed by atoms with E-state index in [1.54, 1.807) is 0 Å². The minimum absolute atomic E-state index is 0.517. The second-order valence-corrected chi connectivity index (χ2v) is 13.4. The van der Waals surface area contributed by atoms with Gasteiger partial charge in [0.2, 0.25) is 0 Å². The van der Waals surface area contributed by atoms with Crippen LogP contribution >= 0.6 is 0 Å². The molecule has 0 spiro atoms. The molecule has 1 nitrogen and oxygen atoms in total. The normalized spacial score (nSPS) is 10.6. The number of rotatable bonds is 20. The van der Waals surface area contributed by atoms with Crippen LogP contribution in [0.1, 0.15) is 117 Å². The Hall–Kier alpha value is -0.801. The number of hydrogen-bond acceptors (Lipinski definition) is 1. The quantitative estimate of drug-likeness (QED) is 0.114. The van der Waals surface area contributed by atoms with E-state index >= 15 is 0 Å². The van der Waals surface area contributed by atoms with Crippen LogP contribution in [0.2, 0.25) is 0 Å². The van der Waals surface area contributed by atoms with Crippen LogP contribution in [0.25, 0.3) is 0 Å². The Morgan fingerprint density at radius 3 is 1.12 bits per heavy atom. The first-order chi connectivity index (χ1) is 16.9. The summed E-state index contributed by atoms with van der Waals surface area (Å²) in [6.45, 7) is 6.55. The molecule has 2 aromatic rings. The zero-order valence-corrected chi connectivity index (χ0v) is 25.3. The summed E-state index contributed by atoms with van der Waals surface area (Å²) in [4.78, 5) is 0. The van der Waals surface area contributed by atoms with Gasteiger partial charge in [-0.25, -0.2) is 0 Å². The summed E-state index contributed by atoms with van der Waals surface area (Å²) in [6.07, 6.45) is 22.2. The maximum atomic E-state index is 5.72. The summed E-state index contributed by atoms with van der Waals surface area (Å²) in [5.41, 5.74) is 0. The van der Waals surface area contributed by atoms with Crippen LogP contribution in [0, 0.1) is 0 Å². The molecule has 190 valence electrons. The fourth-order valence-electron chi connectivity index (χ4n) is 3.99. The fourth-order valence-corrected chi connectivity index (χ4v) is 6.99. The molecule has 0 aliphatic heterocycles. The van der Waals surface area contributed by atoms with Crippen LogP contribution < -0.4 is 7.16 Å². The molecule has 0 bridgehead atoms. The topological polar surface area (TPSA) is 9.23 Å². The number of unbranched alkanes of at least 4 members (excludes halogenated alkanes) is 14. The molecule has 0 aliphatic carbocycles. The molecule has 0 aromatic heterocycles.